The van der Waals surface area contributed by atoms with Crippen LogP contribution in [0.15, 0.2) is 17.5 Å². The molecule has 2 aromatic rings. The van der Waals surface area contributed by atoms with Crippen molar-refractivity contribution in [2.24, 2.45) is 5.73 Å². The van der Waals surface area contributed by atoms with E-state index in [1.54, 1.807) is 11.3 Å². The lowest BCUT2D eigenvalue weighted by Gasteiger charge is -2.05. The highest BCUT2D eigenvalue weighted by Gasteiger charge is 2.12. The Labute approximate surface area is 104 Å². The van der Waals surface area contributed by atoms with E-state index in [1.807, 2.05) is 10.7 Å². The topological polar surface area (TPSA) is 77.0 Å². The molecule has 0 radical (unpaired) electrons. The first-order valence-electron chi connectivity index (χ1n) is 5.59. The van der Waals surface area contributed by atoms with Crippen LogP contribution in [0.3, 0.4) is 0 Å². The van der Waals surface area contributed by atoms with Gasteiger partial charge in [-0.05, 0) is 17.9 Å². The molecule has 0 aliphatic carbocycles. The Morgan fingerprint density at radius 3 is 3.00 bits per heavy atom. The van der Waals surface area contributed by atoms with Gasteiger partial charge in [-0.15, -0.1) is 16.4 Å². The van der Waals surface area contributed by atoms with Gasteiger partial charge in [-0.3, -0.25) is 0 Å². The van der Waals surface area contributed by atoms with Crippen molar-refractivity contribution in [1.82, 2.24) is 15.0 Å². The molecule has 2 aromatic heterocycles. The van der Waals surface area contributed by atoms with Crippen molar-refractivity contribution in [2.45, 2.75) is 25.9 Å². The van der Waals surface area contributed by atoms with E-state index < -0.39 is 0 Å². The lowest BCUT2D eigenvalue weighted by molar-refractivity contribution is 0.275. The van der Waals surface area contributed by atoms with Crippen LogP contribution in [0.2, 0.25) is 0 Å². The molecule has 0 spiro atoms. The number of hydrogen-bond donors (Lipinski definition) is 2. The fraction of sp³-hybridized carbons (Fsp3) is 0.455. The first-order valence-corrected chi connectivity index (χ1v) is 6.47. The quantitative estimate of drug-likeness (QED) is 0.796. The maximum Gasteiger partial charge on any atom is 0.0998 e. The van der Waals surface area contributed by atoms with Gasteiger partial charge in [-0.25, -0.2) is 4.68 Å². The number of nitrogens with zero attached hydrogens (tertiary/aromatic N) is 3. The number of aromatic nitrogens is 3. The zero-order valence-corrected chi connectivity index (χ0v) is 10.4. The summed E-state index contributed by atoms with van der Waals surface area (Å²) in [6, 6.07) is 4.12. The molecule has 0 saturated carbocycles. The second-order valence-corrected chi connectivity index (χ2v) is 4.78. The third kappa shape index (κ3) is 2.91. The molecule has 0 aliphatic rings. The van der Waals surface area contributed by atoms with Gasteiger partial charge in [0.15, 0.2) is 0 Å². The van der Waals surface area contributed by atoms with E-state index in [-0.39, 0.29) is 6.61 Å². The number of aryl methyl sites for hydroxylation is 1. The lowest BCUT2D eigenvalue weighted by atomic mass is 10.2. The fourth-order valence-electron chi connectivity index (χ4n) is 1.70. The van der Waals surface area contributed by atoms with E-state index in [2.05, 4.69) is 21.8 Å². The molecule has 0 aliphatic heterocycles. The SMILES string of the molecule is NCc1nnn(CCCO)c1Cc1cccs1. The number of hydrogen-bond acceptors (Lipinski definition) is 5. The maximum absolute atomic E-state index is 8.85. The Morgan fingerprint density at radius 1 is 1.47 bits per heavy atom. The van der Waals surface area contributed by atoms with Crippen LogP contribution in [0, 0.1) is 0 Å². The number of rotatable bonds is 6. The summed E-state index contributed by atoms with van der Waals surface area (Å²) in [4.78, 5) is 1.27. The minimum absolute atomic E-state index is 0.163. The summed E-state index contributed by atoms with van der Waals surface area (Å²) in [5.41, 5.74) is 7.56. The van der Waals surface area contributed by atoms with Gasteiger partial charge in [0.05, 0.1) is 11.4 Å². The summed E-state index contributed by atoms with van der Waals surface area (Å²) in [5.74, 6) is 0. The minimum Gasteiger partial charge on any atom is -0.396 e. The third-order valence-corrected chi connectivity index (χ3v) is 3.44. The highest BCUT2D eigenvalue weighted by atomic mass is 32.1. The van der Waals surface area contributed by atoms with Crippen LogP contribution < -0.4 is 5.73 Å². The molecule has 92 valence electrons. The zero-order valence-electron chi connectivity index (χ0n) is 9.54. The van der Waals surface area contributed by atoms with Gasteiger partial charge in [0.25, 0.3) is 0 Å². The van der Waals surface area contributed by atoms with Crippen molar-refractivity contribution in [3.05, 3.63) is 33.8 Å². The molecule has 0 bridgehead atoms. The molecule has 2 rings (SSSR count). The van der Waals surface area contributed by atoms with Crippen LogP contribution in [0.5, 0.6) is 0 Å². The molecular formula is C11H16N4OS. The van der Waals surface area contributed by atoms with Gasteiger partial charge in [-0.2, -0.15) is 0 Å². The molecule has 6 heteroatoms. The summed E-state index contributed by atoms with van der Waals surface area (Å²) < 4.78 is 1.85. The van der Waals surface area contributed by atoms with Crippen molar-refractivity contribution in [3.8, 4) is 0 Å². The molecule has 5 nitrogen and oxygen atoms in total. The van der Waals surface area contributed by atoms with Crippen molar-refractivity contribution >= 4 is 11.3 Å². The van der Waals surface area contributed by atoms with Crippen molar-refractivity contribution < 1.29 is 5.11 Å². The van der Waals surface area contributed by atoms with Crippen LogP contribution in [0.4, 0.5) is 0 Å². The molecule has 0 atom stereocenters. The number of aliphatic hydroxyl groups excluding tert-OH is 1. The average molecular weight is 252 g/mol. The number of nitrogens with two attached hydrogens (primary N) is 1. The predicted octanol–water partition coefficient (Wildman–Crippen LogP) is 0.771. The smallest absolute Gasteiger partial charge is 0.0998 e. The van der Waals surface area contributed by atoms with Crippen LogP contribution in [-0.2, 0) is 19.5 Å². The first kappa shape index (κ1) is 12.2. The Kier molecular flexibility index (Phi) is 4.24. The van der Waals surface area contributed by atoms with Gasteiger partial charge in [-0.1, -0.05) is 11.3 Å². The summed E-state index contributed by atoms with van der Waals surface area (Å²) in [6.45, 7) is 1.25. The van der Waals surface area contributed by atoms with Gasteiger partial charge in [0.2, 0.25) is 0 Å². The van der Waals surface area contributed by atoms with Crippen LogP contribution in [-0.4, -0.2) is 26.7 Å². The summed E-state index contributed by atoms with van der Waals surface area (Å²) in [7, 11) is 0. The maximum atomic E-state index is 8.85. The highest BCUT2D eigenvalue weighted by Crippen LogP contribution is 2.16. The van der Waals surface area contributed by atoms with E-state index in [0.29, 0.717) is 19.5 Å². The molecule has 0 unspecified atom stereocenters. The highest BCUT2D eigenvalue weighted by molar-refractivity contribution is 7.09. The minimum atomic E-state index is 0.163. The Balaban J connectivity index is 2.19. The Hall–Kier alpha value is -1.24. The fourth-order valence-corrected chi connectivity index (χ4v) is 2.41. The molecular weight excluding hydrogens is 236 g/mol. The Bertz CT molecular complexity index is 452. The molecule has 3 N–H and O–H groups in total. The van der Waals surface area contributed by atoms with Gasteiger partial charge < -0.3 is 10.8 Å². The summed E-state index contributed by atoms with van der Waals surface area (Å²) >= 11 is 1.71. The van der Waals surface area contributed by atoms with Crippen LogP contribution >= 0.6 is 11.3 Å². The van der Waals surface area contributed by atoms with Crippen LogP contribution in [0.25, 0.3) is 0 Å². The van der Waals surface area contributed by atoms with E-state index in [0.717, 1.165) is 17.8 Å². The van der Waals surface area contributed by atoms with E-state index >= 15 is 0 Å². The zero-order chi connectivity index (χ0) is 12.1. The second kappa shape index (κ2) is 5.90. The molecule has 0 amide bonds. The summed E-state index contributed by atoms with van der Waals surface area (Å²) in [6.07, 6.45) is 1.49. The first-order chi connectivity index (χ1) is 8.35. The van der Waals surface area contributed by atoms with Crippen molar-refractivity contribution in [3.63, 3.8) is 0 Å². The lowest BCUT2D eigenvalue weighted by Crippen LogP contribution is -2.09. The van der Waals surface area contributed by atoms with Crippen molar-refractivity contribution in [1.29, 1.82) is 0 Å². The van der Waals surface area contributed by atoms with Crippen molar-refractivity contribution in [2.75, 3.05) is 6.61 Å². The molecule has 0 saturated heterocycles. The van der Waals surface area contributed by atoms with E-state index in [4.69, 9.17) is 10.8 Å². The number of thiophene rings is 1. The van der Waals surface area contributed by atoms with Gasteiger partial charge in [0, 0.05) is 31.0 Å². The number of aliphatic hydroxyl groups is 1. The summed E-state index contributed by atoms with van der Waals surface area (Å²) in [5, 5.41) is 19.1. The third-order valence-electron chi connectivity index (χ3n) is 2.56. The monoisotopic (exact) mass is 252 g/mol. The second-order valence-electron chi connectivity index (χ2n) is 3.74. The molecule has 0 fully saturated rings. The predicted molar refractivity (Wildman–Crippen MR) is 66.7 cm³/mol. The Morgan fingerprint density at radius 2 is 2.35 bits per heavy atom. The normalized spacial score (nSPS) is 10.9. The van der Waals surface area contributed by atoms with Crippen LogP contribution in [0.1, 0.15) is 22.7 Å². The van der Waals surface area contributed by atoms with Gasteiger partial charge in [0.1, 0.15) is 0 Å². The largest absolute Gasteiger partial charge is 0.396 e. The standard InChI is InChI=1S/C11H16N4OS/c12-8-10-11(7-9-3-1-6-17-9)15(14-13-10)4-2-5-16/h1,3,6,16H,2,4-5,7-8,12H2. The van der Waals surface area contributed by atoms with E-state index in [9.17, 15) is 0 Å². The molecule has 2 heterocycles. The molecule has 17 heavy (non-hydrogen) atoms. The van der Waals surface area contributed by atoms with Gasteiger partial charge >= 0.3 is 0 Å². The average Bonchev–Trinajstić information content (AvgIpc) is 2.97. The van der Waals surface area contributed by atoms with E-state index in [1.165, 1.54) is 4.88 Å². The molecule has 0 aromatic carbocycles.